The summed E-state index contributed by atoms with van der Waals surface area (Å²) in [5, 5.41) is 2.90. The summed E-state index contributed by atoms with van der Waals surface area (Å²) in [4.78, 5) is 27.2. The van der Waals surface area contributed by atoms with E-state index in [0.717, 1.165) is 33.5 Å². The molecule has 0 aliphatic heterocycles. The molecule has 30 heavy (non-hydrogen) atoms. The Morgan fingerprint density at radius 2 is 1.73 bits per heavy atom. The highest BCUT2D eigenvalue weighted by atomic mass is 79.9. The monoisotopic (exact) mass is 492 g/mol. The lowest BCUT2D eigenvalue weighted by molar-refractivity contribution is -0.138. The Kier molecular flexibility index (Phi) is 10.2. The molecule has 0 saturated carbocycles. The molecule has 0 aliphatic carbocycles. The van der Waals surface area contributed by atoms with E-state index < -0.39 is 6.04 Å². The largest absolute Gasteiger partial charge is 0.497 e. The highest BCUT2D eigenvalue weighted by Gasteiger charge is 2.25. The molecule has 0 fully saturated rings. The Morgan fingerprint density at radius 3 is 2.33 bits per heavy atom. The molecule has 2 aromatic carbocycles. The summed E-state index contributed by atoms with van der Waals surface area (Å²) >= 11 is 4.98. The molecule has 0 bridgehead atoms. The van der Waals surface area contributed by atoms with Gasteiger partial charge in [0.05, 0.1) is 12.9 Å². The minimum absolute atomic E-state index is 0.0458. The zero-order valence-electron chi connectivity index (χ0n) is 17.7. The van der Waals surface area contributed by atoms with Crippen LogP contribution in [0.1, 0.15) is 31.4 Å². The zero-order valence-corrected chi connectivity index (χ0v) is 20.1. The lowest BCUT2D eigenvalue weighted by atomic mass is 10.1. The van der Waals surface area contributed by atoms with Crippen molar-refractivity contribution in [2.75, 3.05) is 19.4 Å². The summed E-state index contributed by atoms with van der Waals surface area (Å²) in [7, 11) is 1.64. The second-order valence-electron chi connectivity index (χ2n) is 6.96. The summed E-state index contributed by atoms with van der Waals surface area (Å²) in [5.74, 6) is 1.68. The molecule has 0 aliphatic rings. The van der Waals surface area contributed by atoms with E-state index in [2.05, 4.69) is 21.2 Å². The van der Waals surface area contributed by atoms with Crippen molar-refractivity contribution in [3.05, 3.63) is 64.1 Å². The van der Waals surface area contributed by atoms with E-state index in [1.54, 1.807) is 30.7 Å². The van der Waals surface area contributed by atoms with Crippen LogP contribution in [0.3, 0.4) is 0 Å². The fraction of sp³-hybridized carbons (Fsp3) is 0.391. The number of benzene rings is 2. The van der Waals surface area contributed by atoms with Gasteiger partial charge < -0.3 is 15.0 Å². The van der Waals surface area contributed by atoms with Gasteiger partial charge in [-0.05, 0) is 48.7 Å². The van der Waals surface area contributed by atoms with E-state index in [1.165, 1.54) is 0 Å². The number of thioether (sulfide) groups is 1. The maximum absolute atomic E-state index is 13.0. The predicted molar refractivity (Wildman–Crippen MR) is 127 cm³/mol. The van der Waals surface area contributed by atoms with Crippen LogP contribution in [0, 0.1) is 0 Å². The first kappa shape index (κ1) is 24.3. The average Bonchev–Trinajstić information content (AvgIpc) is 2.76. The topological polar surface area (TPSA) is 58.6 Å². The van der Waals surface area contributed by atoms with Gasteiger partial charge in [0.25, 0.3) is 0 Å². The molecule has 1 N–H and O–H groups in total. The van der Waals surface area contributed by atoms with Crippen molar-refractivity contribution in [3.8, 4) is 5.75 Å². The van der Waals surface area contributed by atoms with E-state index in [4.69, 9.17) is 4.74 Å². The fourth-order valence-corrected chi connectivity index (χ4v) is 3.96. The van der Waals surface area contributed by atoms with Gasteiger partial charge in [-0.15, -0.1) is 11.8 Å². The van der Waals surface area contributed by atoms with Crippen molar-refractivity contribution in [2.45, 2.75) is 38.6 Å². The molecule has 162 valence electrons. The number of nitrogens with zero attached hydrogens (tertiary/aromatic N) is 1. The maximum atomic E-state index is 13.0. The number of rotatable bonds is 11. The van der Waals surface area contributed by atoms with Crippen LogP contribution in [-0.4, -0.2) is 42.2 Å². The summed E-state index contributed by atoms with van der Waals surface area (Å²) in [6, 6.07) is 15.1. The van der Waals surface area contributed by atoms with Gasteiger partial charge in [-0.25, -0.2) is 0 Å². The first-order chi connectivity index (χ1) is 14.4. The predicted octanol–water partition coefficient (Wildman–Crippen LogP) is 4.63. The third-order valence-electron chi connectivity index (χ3n) is 4.64. The molecule has 2 aromatic rings. The number of halogens is 1. The normalized spacial score (nSPS) is 11.6. The van der Waals surface area contributed by atoms with Crippen LogP contribution >= 0.6 is 27.7 Å². The molecule has 2 amide bonds. The Hall–Kier alpha value is -1.99. The van der Waals surface area contributed by atoms with Gasteiger partial charge in [0, 0.05) is 23.3 Å². The molecule has 0 radical (unpaired) electrons. The molecular weight excluding hydrogens is 464 g/mol. The SMILES string of the molecule is CCCNC(=O)C(C)N(Cc1ccc(Br)cc1)C(=O)CSCc1ccc(OC)cc1. The van der Waals surface area contributed by atoms with Crippen LogP contribution in [0.5, 0.6) is 5.75 Å². The third-order valence-corrected chi connectivity index (χ3v) is 6.15. The van der Waals surface area contributed by atoms with Gasteiger partial charge in [0.2, 0.25) is 11.8 Å². The number of nitrogens with one attached hydrogen (secondary N) is 1. The van der Waals surface area contributed by atoms with E-state index >= 15 is 0 Å². The highest BCUT2D eigenvalue weighted by molar-refractivity contribution is 9.10. The van der Waals surface area contributed by atoms with Crippen molar-refractivity contribution in [2.24, 2.45) is 0 Å². The third kappa shape index (κ3) is 7.69. The molecule has 7 heteroatoms. The summed E-state index contributed by atoms with van der Waals surface area (Å²) in [6.45, 7) is 4.80. The lowest BCUT2D eigenvalue weighted by Gasteiger charge is -2.28. The number of ether oxygens (including phenoxy) is 1. The van der Waals surface area contributed by atoms with Crippen LogP contribution in [-0.2, 0) is 21.9 Å². The van der Waals surface area contributed by atoms with Crippen molar-refractivity contribution < 1.29 is 14.3 Å². The standard InChI is InChI=1S/C23H29BrN2O3S/c1-4-13-25-23(28)17(2)26(14-18-5-9-20(24)10-6-18)22(27)16-30-15-19-7-11-21(29-3)12-8-19/h5-12,17H,4,13-16H2,1-3H3,(H,25,28). The van der Waals surface area contributed by atoms with Gasteiger partial charge >= 0.3 is 0 Å². The molecular formula is C23H29BrN2O3S. The van der Waals surface area contributed by atoms with Gasteiger partial charge in [0.1, 0.15) is 11.8 Å². The first-order valence-corrected chi connectivity index (χ1v) is 11.9. The number of carbonyl (C=O) groups is 2. The van der Waals surface area contributed by atoms with Crippen molar-refractivity contribution in [1.82, 2.24) is 10.2 Å². The van der Waals surface area contributed by atoms with E-state index in [9.17, 15) is 9.59 Å². The minimum atomic E-state index is -0.533. The number of amides is 2. The van der Waals surface area contributed by atoms with Crippen LogP contribution in [0.4, 0.5) is 0 Å². The van der Waals surface area contributed by atoms with Gasteiger partial charge in [-0.3, -0.25) is 9.59 Å². The molecule has 0 saturated heterocycles. The first-order valence-electron chi connectivity index (χ1n) is 9.97. The van der Waals surface area contributed by atoms with Gasteiger partial charge in [-0.2, -0.15) is 0 Å². The average molecular weight is 493 g/mol. The smallest absolute Gasteiger partial charge is 0.242 e. The van der Waals surface area contributed by atoms with E-state index in [0.29, 0.717) is 18.8 Å². The second kappa shape index (κ2) is 12.6. The molecule has 0 heterocycles. The number of carbonyl (C=O) groups excluding carboxylic acids is 2. The number of hydrogen-bond donors (Lipinski definition) is 1. The second-order valence-corrected chi connectivity index (χ2v) is 8.86. The molecule has 1 unspecified atom stereocenters. The minimum Gasteiger partial charge on any atom is -0.497 e. The van der Waals surface area contributed by atoms with Crippen LogP contribution < -0.4 is 10.1 Å². The highest BCUT2D eigenvalue weighted by Crippen LogP contribution is 2.19. The van der Waals surface area contributed by atoms with E-state index in [1.807, 2.05) is 55.5 Å². The van der Waals surface area contributed by atoms with Crippen LogP contribution in [0.2, 0.25) is 0 Å². The van der Waals surface area contributed by atoms with Crippen LogP contribution in [0.25, 0.3) is 0 Å². The Balaban J connectivity index is 2.02. The van der Waals surface area contributed by atoms with Crippen LogP contribution in [0.15, 0.2) is 53.0 Å². The summed E-state index contributed by atoms with van der Waals surface area (Å²) in [6.07, 6.45) is 0.858. The van der Waals surface area contributed by atoms with Crippen molar-refractivity contribution in [1.29, 1.82) is 0 Å². The Labute approximate surface area is 191 Å². The van der Waals surface area contributed by atoms with Crippen molar-refractivity contribution >= 4 is 39.5 Å². The number of hydrogen-bond acceptors (Lipinski definition) is 4. The van der Waals surface area contributed by atoms with Gasteiger partial charge in [-0.1, -0.05) is 47.1 Å². The molecule has 2 rings (SSSR count). The van der Waals surface area contributed by atoms with Gasteiger partial charge in [0.15, 0.2) is 0 Å². The Bertz CT molecular complexity index is 812. The number of methoxy groups -OCH3 is 1. The lowest BCUT2D eigenvalue weighted by Crippen LogP contribution is -2.48. The van der Waals surface area contributed by atoms with Crippen molar-refractivity contribution in [3.63, 3.8) is 0 Å². The molecule has 1 atom stereocenters. The molecule has 0 aromatic heterocycles. The molecule has 0 spiro atoms. The fourth-order valence-electron chi connectivity index (χ4n) is 2.83. The quantitative estimate of drug-likeness (QED) is 0.496. The van der Waals surface area contributed by atoms with E-state index in [-0.39, 0.29) is 11.8 Å². The maximum Gasteiger partial charge on any atom is 0.242 e. The molecule has 5 nitrogen and oxygen atoms in total. The zero-order chi connectivity index (χ0) is 21.9. The summed E-state index contributed by atoms with van der Waals surface area (Å²) in [5.41, 5.74) is 2.11. The Morgan fingerprint density at radius 1 is 1.10 bits per heavy atom. The summed E-state index contributed by atoms with van der Waals surface area (Å²) < 4.78 is 6.16.